The highest BCUT2D eigenvalue weighted by molar-refractivity contribution is 6.31. The fourth-order valence-corrected chi connectivity index (χ4v) is 2.10. The molecule has 1 heterocycles. The first-order valence-corrected chi connectivity index (χ1v) is 5.95. The molecule has 2 nitrogen and oxygen atoms in total. The molecule has 0 bridgehead atoms. The number of rotatable bonds is 5. The van der Waals surface area contributed by atoms with Crippen molar-refractivity contribution in [3.8, 4) is 0 Å². The third kappa shape index (κ3) is 2.43. The molecular weight excluding hydrogens is 219 g/mol. The van der Waals surface area contributed by atoms with Crippen LogP contribution in [-0.4, -0.2) is 9.78 Å². The lowest BCUT2D eigenvalue weighted by atomic mass is 10.2. The summed E-state index contributed by atoms with van der Waals surface area (Å²) in [6.45, 7) is 5.11. The van der Waals surface area contributed by atoms with Crippen LogP contribution in [0.25, 0.3) is 0 Å². The van der Waals surface area contributed by atoms with Crippen molar-refractivity contribution in [2.45, 2.75) is 45.5 Å². The van der Waals surface area contributed by atoms with Crippen molar-refractivity contribution in [2.24, 2.45) is 0 Å². The van der Waals surface area contributed by atoms with Crippen LogP contribution in [0.3, 0.4) is 0 Å². The molecule has 0 atom stereocenters. The Morgan fingerprint density at radius 2 is 2.00 bits per heavy atom. The fraction of sp³-hybridized carbons (Fsp3) is 0.700. The van der Waals surface area contributed by atoms with Crippen LogP contribution in [0.15, 0.2) is 0 Å². The van der Waals surface area contributed by atoms with Crippen LogP contribution in [-0.2, 0) is 18.8 Å². The minimum Gasteiger partial charge on any atom is -0.253 e. The van der Waals surface area contributed by atoms with Crippen LogP contribution >= 0.6 is 23.2 Å². The van der Waals surface area contributed by atoms with Crippen molar-refractivity contribution in [2.75, 3.05) is 0 Å². The molecule has 0 aliphatic rings. The van der Waals surface area contributed by atoms with Gasteiger partial charge in [0.15, 0.2) is 0 Å². The quantitative estimate of drug-likeness (QED) is 0.712. The predicted molar refractivity (Wildman–Crippen MR) is 61.1 cm³/mol. The molecule has 0 spiro atoms. The molecule has 0 unspecified atom stereocenters. The van der Waals surface area contributed by atoms with Crippen LogP contribution in [0.5, 0.6) is 0 Å². The molecule has 14 heavy (non-hydrogen) atoms. The van der Waals surface area contributed by atoms with Crippen molar-refractivity contribution in [3.05, 3.63) is 16.4 Å². The van der Waals surface area contributed by atoms with Crippen LogP contribution in [0, 0.1) is 0 Å². The number of aryl methyl sites for hydroxylation is 2. The van der Waals surface area contributed by atoms with Crippen molar-refractivity contribution >= 4 is 23.2 Å². The van der Waals surface area contributed by atoms with Gasteiger partial charge in [-0.1, -0.05) is 31.9 Å². The van der Waals surface area contributed by atoms with E-state index in [-0.39, 0.29) is 0 Å². The highest BCUT2D eigenvalue weighted by Crippen LogP contribution is 2.23. The van der Waals surface area contributed by atoms with Gasteiger partial charge in [-0.2, -0.15) is 5.10 Å². The smallest absolute Gasteiger partial charge is 0.131 e. The second-order valence-corrected chi connectivity index (χ2v) is 3.95. The lowest BCUT2D eigenvalue weighted by Gasteiger charge is -1.98. The maximum absolute atomic E-state index is 6.16. The van der Waals surface area contributed by atoms with E-state index in [2.05, 4.69) is 18.9 Å². The molecule has 0 amide bonds. The van der Waals surface area contributed by atoms with Gasteiger partial charge < -0.3 is 0 Å². The van der Waals surface area contributed by atoms with Crippen molar-refractivity contribution in [1.82, 2.24) is 9.78 Å². The second-order valence-electron chi connectivity index (χ2n) is 3.32. The largest absolute Gasteiger partial charge is 0.253 e. The Kier molecular flexibility index (Phi) is 4.76. The first kappa shape index (κ1) is 11.9. The summed E-state index contributed by atoms with van der Waals surface area (Å²) in [5.41, 5.74) is 2.06. The van der Waals surface area contributed by atoms with E-state index in [0.717, 1.165) is 37.1 Å². The third-order valence-corrected chi connectivity index (χ3v) is 2.81. The van der Waals surface area contributed by atoms with E-state index >= 15 is 0 Å². The van der Waals surface area contributed by atoms with Gasteiger partial charge in [0.2, 0.25) is 0 Å². The molecule has 4 heteroatoms. The van der Waals surface area contributed by atoms with E-state index < -0.39 is 0 Å². The van der Waals surface area contributed by atoms with E-state index in [9.17, 15) is 0 Å². The molecule has 1 aromatic heterocycles. The van der Waals surface area contributed by atoms with Gasteiger partial charge in [-0.15, -0.1) is 11.6 Å². The molecule has 0 saturated heterocycles. The van der Waals surface area contributed by atoms with Crippen LogP contribution in [0.1, 0.15) is 37.9 Å². The Balaban J connectivity index is 2.97. The number of hydrogen-bond acceptors (Lipinski definition) is 1. The zero-order chi connectivity index (χ0) is 10.6. The first-order chi connectivity index (χ1) is 6.74. The zero-order valence-electron chi connectivity index (χ0n) is 8.69. The predicted octanol–water partition coefficient (Wildman–Crippen LogP) is 3.64. The van der Waals surface area contributed by atoms with Gasteiger partial charge in [0.25, 0.3) is 0 Å². The lowest BCUT2D eigenvalue weighted by molar-refractivity contribution is 0.593. The number of halogens is 2. The Morgan fingerprint density at radius 3 is 2.50 bits per heavy atom. The number of alkyl halides is 1. The molecule has 80 valence electrons. The first-order valence-electron chi connectivity index (χ1n) is 5.04. The van der Waals surface area contributed by atoms with Gasteiger partial charge in [-0.3, -0.25) is 4.68 Å². The SMILES string of the molecule is CCCc1nn(CCC)c(Cl)c1CCl. The topological polar surface area (TPSA) is 17.8 Å². The maximum Gasteiger partial charge on any atom is 0.131 e. The summed E-state index contributed by atoms with van der Waals surface area (Å²) in [5.74, 6) is 0.456. The summed E-state index contributed by atoms with van der Waals surface area (Å²) in [7, 11) is 0. The third-order valence-electron chi connectivity index (χ3n) is 2.12. The number of aromatic nitrogens is 2. The monoisotopic (exact) mass is 234 g/mol. The minimum absolute atomic E-state index is 0.456. The molecule has 0 aliphatic carbocycles. The molecule has 0 N–H and O–H groups in total. The highest BCUT2D eigenvalue weighted by Gasteiger charge is 2.13. The molecule has 0 aromatic carbocycles. The Morgan fingerprint density at radius 1 is 1.29 bits per heavy atom. The van der Waals surface area contributed by atoms with Gasteiger partial charge >= 0.3 is 0 Å². The molecule has 0 radical (unpaired) electrons. The maximum atomic E-state index is 6.16. The fourth-order valence-electron chi connectivity index (χ4n) is 1.45. The van der Waals surface area contributed by atoms with Gasteiger partial charge in [0.1, 0.15) is 5.15 Å². The molecular formula is C10H16Cl2N2. The molecule has 0 aliphatic heterocycles. The minimum atomic E-state index is 0.456. The Labute approximate surface area is 95.2 Å². The lowest BCUT2D eigenvalue weighted by Crippen LogP contribution is -1.99. The van der Waals surface area contributed by atoms with E-state index in [1.54, 1.807) is 0 Å². The standard InChI is InChI=1S/C10H16Cl2N2/c1-3-5-9-8(7-11)10(12)14(13-9)6-4-2/h3-7H2,1-2H3. The number of hydrogen-bond donors (Lipinski definition) is 0. The number of nitrogens with zero attached hydrogens (tertiary/aromatic N) is 2. The van der Waals surface area contributed by atoms with E-state index in [4.69, 9.17) is 23.2 Å². The van der Waals surface area contributed by atoms with Crippen molar-refractivity contribution in [3.63, 3.8) is 0 Å². The summed E-state index contributed by atoms with van der Waals surface area (Å²) in [6.07, 6.45) is 3.07. The van der Waals surface area contributed by atoms with Crippen LogP contribution in [0.2, 0.25) is 5.15 Å². The van der Waals surface area contributed by atoms with Crippen molar-refractivity contribution < 1.29 is 0 Å². The van der Waals surface area contributed by atoms with Gasteiger partial charge in [0, 0.05) is 12.1 Å². The van der Waals surface area contributed by atoms with Crippen LogP contribution in [0.4, 0.5) is 0 Å². The summed E-state index contributed by atoms with van der Waals surface area (Å²) in [4.78, 5) is 0. The summed E-state index contributed by atoms with van der Waals surface area (Å²) in [5, 5.41) is 5.17. The summed E-state index contributed by atoms with van der Waals surface area (Å²) < 4.78 is 1.85. The molecule has 1 aromatic rings. The van der Waals surface area contributed by atoms with E-state index in [0.29, 0.717) is 11.0 Å². The zero-order valence-corrected chi connectivity index (χ0v) is 10.2. The Bertz CT molecular complexity index is 295. The van der Waals surface area contributed by atoms with Gasteiger partial charge in [0.05, 0.1) is 11.6 Å². The summed E-state index contributed by atoms with van der Waals surface area (Å²) in [6, 6.07) is 0. The second kappa shape index (κ2) is 5.62. The normalized spacial score (nSPS) is 10.9. The average Bonchev–Trinajstić information content (AvgIpc) is 2.45. The molecule has 1 rings (SSSR count). The van der Waals surface area contributed by atoms with E-state index in [1.807, 2.05) is 4.68 Å². The van der Waals surface area contributed by atoms with E-state index in [1.165, 1.54) is 0 Å². The van der Waals surface area contributed by atoms with Crippen LogP contribution < -0.4 is 0 Å². The van der Waals surface area contributed by atoms with Crippen molar-refractivity contribution in [1.29, 1.82) is 0 Å². The van der Waals surface area contributed by atoms with Gasteiger partial charge in [-0.05, 0) is 12.8 Å². The molecule has 0 fully saturated rings. The molecule has 0 saturated carbocycles. The Hall–Kier alpha value is -0.210. The average molecular weight is 235 g/mol. The highest BCUT2D eigenvalue weighted by atomic mass is 35.5. The summed E-state index contributed by atoms with van der Waals surface area (Å²) >= 11 is 12.0. The van der Waals surface area contributed by atoms with Gasteiger partial charge in [-0.25, -0.2) is 0 Å².